The zero-order valence-corrected chi connectivity index (χ0v) is 10.2. The number of rotatable bonds is 3. The summed E-state index contributed by atoms with van der Waals surface area (Å²) < 4.78 is 0. The average molecular weight is 219 g/mol. The molecule has 1 aliphatic heterocycles. The van der Waals surface area contributed by atoms with Gasteiger partial charge in [-0.3, -0.25) is 9.88 Å². The Morgan fingerprint density at radius 1 is 1.44 bits per heavy atom. The third-order valence-electron chi connectivity index (χ3n) is 3.25. The first-order valence-corrected chi connectivity index (χ1v) is 6.12. The zero-order chi connectivity index (χ0) is 11.4. The Balaban J connectivity index is 1.90. The van der Waals surface area contributed by atoms with E-state index in [1.807, 2.05) is 12.4 Å². The Kier molecular flexibility index (Phi) is 3.91. The van der Waals surface area contributed by atoms with Crippen molar-refractivity contribution in [2.75, 3.05) is 19.6 Å². The molecule has 0 bridgehead atoms. The molecule has 3 nitrogen and oxygen atoms in total. The molecule has 1 N–H and O–H groups in total. The van der Waals surface area contributed by atoms with Gasteiger partial charge in [0.15, 0.2) is 0 Å². The molecule has 1 saturated heterocycles. The minimum atomic E-state index is 0.582. The van der Waals surface area contributed by atoms with E-state index in [2.05, 4.69) is 41.2 Å². The van der Waals surface area contributed by atoms with Crippen LogP contribution in [0.1, 0.15) is 19.4 Å². The second kappa shape index (κ2) is 5.41. The van der Waals surface area contributed by atoms with Crippen molar-refractivity contribution < 1.29 is 0 Å². The van der Waals surface area contributed by atoms with E-state index in [1.54, 1.807) is 0 Å². The minimum Gasteiger partial charge on any atom is -0.311 e. The third kappa shape index (κ3) is 3.03. The second-order valence-corrected chi connectivity index (χ2v) is 4.80. The van der Waals surface area contributed by atoms with Gasteiger partial charge in [-0.25, -0.2) is 0 Å². The summed E-state index contributed by atoms with van der Waals surface area (Å²) in [5, 5.41) is 3.59. The molecule has 0 saturated carbocycles. The van der Waals surface area contributed by atoms with Crippen LogP contribution in [0.5, 0.6) is 0 Å². The van der Waals surface area contributed by atoms with Crippen LogP contribution < -0.4 is 5.32 Å². The lowest BCUT2D eigenvalue weighted by molar-refractivity contribution is 0.161. The number of hydrogen-bond acceptors (Lipinski definition) is 3. The fraction of sp³-hybridized carbons (Fsp3) is 0.615. The summed E-state index contributed by atoms with van der Waals surface area (Å²) in [6.45, 7) is 7.97. The number of nitrogens with zero attached hydrogens (tertiary/aromatic N) is 2. The van der Waals surface area contributed by atoms with Gasteiger partial charge in [-0.2, -0.15) is 0 Å². The van der Waals surface area contributed by atoms with E-state index in [0.717, 1.165) is 19.5 Å². The molecule has 1 fully saturated rings. The van der Waals surface area contributed by atoms with Crippen molar-refractivity contribution in [2.24, 2.45) is 0 Å². The Morgan fingerprint density at radius 2 is 2.19 bits per heavy atom. The van der Waals surface area contributed by atoms with Gasteiger partial charge in [0.2, 0.25) is 0 Å². The maximum Gasteiger partial charge on any atom is 0.0270 e. The summed E-state index contributed by atoms with van der Waals surface area (Å²) in [5.74, 6) is 0. The van der Waals surface area contributed by atoms with Gasteiger partial charge in [0.1, 0.15) is 0 Å². The number of aromatic nitrogens is 1. The normalized spacial score (nSPS) is 22.6. The van der Waals surface area contributed by atoms with Gasteiger partial charge in [-0.1, -0.05) is 0 Å². The lowest BCUT2D eigenvalue weighted by Gasteiger charge is -2.36. The molecule has 1 aromatic rings. The first kappa shape index (κ1) is 11.6. The fourth-order valence-corrected chi connectivity index (χ4v) is 2.26. The van der Waals surface area contributed by atoms with E-state index in [9.17, 15) is 0 Å². The van der Waals surface area contributed by atoms with Crippen molar-refractivity contribution in [3.63, 3.8) is 0 Å². The molecule has 3 heteroatoms. The molecule has 2 rings (SSSR count). The van der Waals surface area contributed by atoms with Crippen molar-refractivity contribution in [1.29, 1.82) is 0 Å². The van der Waals surface area contributed by atoms with Gasteiger partial charge in [0.05, 0.1) is 0 Å². The predicted molar refractivity (Wildman–Crippen MR) is 66.4 cm³/mol. The summed E-state index contributed by atoms with van der Waals surface area (Å²) in [6, 6.07) is 5.45. The van der Waals surface area contributed by atoms with E-state index >= 15 is 0 Å². The Hall–Kier alpha value is -0.930. The molecule has 0 aliphatic carbocycles. The Morgan fingerprint density at radius 3 is 2.88 bits per heavy atom. The number of piperazine rings is 1. The Labute approximate surface area is 97.9 Å². The fourth-order valence-electron chi connectivity index (χ4n) is 2.26. The van der Waals surface area contributed by atoms with Gasteiger partial charge in [0.25, 0.3) is 0 Å². The SMILES string of the molecule is CC(C)N1CCNC(Cc2ccncc2)C1. The molecular formula is C13H21N3. The van der Waals surface area contributed by atoms with Crippen LogP contribution in [0.25, 0.3) is 0 Å². The third-order valence-corrected chi connectivity index (χ3v) is 3.25. The van der Waals surface area contributed by atoms with E-state index in [4.69, 9.17) is 0 Å². The highest BCUT2D eigenvalue weighted by molar-refractivity contribution is 5.11. The summed E-state index contributed by atoms with van der Waals surface area (Å²) in [7, 11) is 0. The summed E-state index contributed by atoms with van der Waals surface area (Å²) in [6.07, 6.45) is 4.85. The van der Waals surface area contributed by atoms with E-state index in [1.165, 1.54) is 12.1 Å². The molecule has 0 radical (unpaired) electrons. The number of pyridine rings is 1. The second-order valence-electron chi connectivity index (χ2n) is 4.80. The van der Waals surface area contributed by atoms with Crippen molar-refractivity contribution in [3.8, 4) is 0 Å². The lowest BCUT2D eigenvalue weighted by atomic mass is 10.0. The van der Waals surface area contributed by atoms with Crippen LogP contribution in [0, 0.1) is 0 Å². The average Bonchev–Trinajstić information content (AvgIpc) is 2.30. The van der Waals surface area contributed by atoms with E-state index < -0.39 is 0 Å². The quantitative estimate of drug-likeness (QED) is 0.830. The van der Waals surface area contributed by atoms with Crippen molar-refractivity contribution in [2.45, 2.75) is 32.4 Å². The first-order chi connectivity index (χ1) is 7.75. The maximum atomic E-state index is 4.05. The van der Waals surface area contributed by atoms with Gasteiger partial charge in [-0.15, -0.1) is 0 Å². The minimum absolute atomic E-state index is 0.582. The maximum absolute atomic E-state index is 4.05. The smallest absolute Gasteiger partial charge is 0.0270 e. The van der Waals surface area contributed by atoms with Gasteiger partial charge in [0, 0.05) is 44.1 Å². The highest BCUT2D eigenvalue weighted by Gasteiger charge is 2.20. The van der Waals surface area contributed by atoms with E-state index in [-0.39, 0.29) is 0 Å². The molecule has 1 aliphatic rings. The summed E-state index contributed by atoms with van der Waals surface area (Å²) in [5.41, 5.74) is 1.37. The molecule has 88 valence electrons. The van der Waals surface area contributed by atoms with Gasteiger partial charge in [-0.05, 0) is 38.0 Å². The number of nitrogens with one attached hydrogen (secondary N) is 1. The molecule has 0 aromatic carbocycles. The van der Waals surface area contributed by atoms with Crippen molar-refractivity contribution in [3.05, 3.63) is 30.1 Å². The van der Waals surface area contributed by atoms with Crippen molar-refractivity contribution in [1.82, 2.24) is 15.2 Å². The molecule has 0 spiro atoms. The molecule has 1 aromatic heterocycles. The van der Waals surface area contributed by atoms with Gasteiger partial charge >= 0.3 is 0 Å². The van der Waals surface area contributed by atoms with Crippen molar-refractivity contribution >= 4 is 0 Å². The Bertz CT molecular complexity index is 310. The summed E-state index contributed by atoms with van der Waals surface area (Å²) >= 11 is 0. The first-order valence-electron chi connectivity index (χ1n) is 6.12. The van der Waals surface area contributed by atoms with Crippen LogP contribution in [0.2, 0.25) is 0 Å². The molecule has 16 heavy (non-hydrogen) atoms. The van der Waals surface area contributed by atoms with Crippen LogP contribution in [0.15, 0.2) is 24.5 Å². The van der Waals surface area contributed by atoms with E-state index in [0.29, 0.717) is 12.1 Å². The topological polar surface area (TPSA) is 28.2 Å². The monoisotopic (exact) mass is 219 g/mol. The highest BCUT2D eigenvalue weighted by atomic mass is 15.2. The predicted octanol–water partition coefficient (Wildman–Crippen LogP) is 1.31. The molecule has 2 heterocycles. The molecular weight excluding hydrogens is 198 g/mol. The standard InChI is InChI=1S/C13H21N3/c1-11(2)16-8-7-15-13(10-16)9-12-3-5-14-6-4-12/h3-6,11,13,15H,7-10H2,1-2H3. The van der Waals surface area contributed by atoms with Crippen LogP contribution in [0.3, 0.4) is 0 Å². The molecule has 0 amide bonds. The highest BCUT2D eigenvalue weighted by Crippen LogP contribution is 2.09. The van der Waals surface area contributed by atoms with Crippen LogP contribution in [0.4, 0.5) is 0 Å². The van der Waals surface area contributed by atoms with Crippen LogP contribution >= 0.6 is 0 Å². The largest absolute Gasteiger partial charge is 0.311 e. The van der Waals surface area contributed by atoms with Crippen LogP contribution in [-0.2, 0) is 6.42 Å². The van der Waals surface area contributed by atoms with Crippen LogP contribution in [-0.4, -0.2) is 41.6 Å². The van der Waals surface area contributed by atoms with Gasteiger partial charge < -0.3 is 5.32 Å². The zero-order valence-electron chi connectivity index (χ0n) is 10.2. The molecule has 1 atom stereocenters. The lowest BCUT2D eigenvalue weighted by Crippen LogP contribution is -2.53. The number of hydrogen-bond donors (Lipinski definition) is 1. The summed E-state index contributed by atoms with van der Waals surface area (Å²) in [4.78, 5) is 6.59. The molecule has 1 unspecified atom stereocenters.